The number of aryl methyl sites for hydroxylation is 1. The highest BCUT2D eigenvalue weighted by Gasteiger charge is 2.27. The highest BCUT2D eigenvalue weighted by Crippen LogP contribution is 2.20. The van der Waals surface area contributed by atoms with Crippen molar-refractivity contribution in [3.8, 4) is 11.1 Å². The summed E-state index contributed by atoms with van der Waals surface area (Å²) in [6.07, 6.45) is 1.29. The third kappa shape index (κ3) is 8.76. The van der Waals surface area contributed by atoms with Gasteiger partial charge in [-0.1, -0.05) is 98.8 Å². The van der Waals surface area contributed by atoms with Gasteiger partial charge in [-0.25, -0.2) is 9.59 Å². The van der Waals surface area contributed by atoms with Crippen molar-refractivity contribution in [1.29, 1.82) is 0 Å². The number of hydrogen-bond acceptors (Lipinski definition) is 3. The summed E-state index contributed by atoms with van der Waals surface area (Å²) in [7, 11) is 0. The predicted molar refractivity (Wildman–Crippen MR) is 149 cm³/mol. The van der Waals surface area contributed by atoms with Gasteiger partial charge in [0, 0.05) is 19.5 Å². The molecule has 7 heteroatoms. The standard InChI is InChI=1S/C31H37N3O4/c1-22(2)20-34(21-27(29(32)35)18-13-23-9-5-3-6-10-23)31(38)33-28(30(36)37)19-24-14-16-26(17-15-24)25-11-7-4-8-12-25/h3-12,14-17,22,27-28H,13,18-21H2,1-2H3,(H2,32,35)(H,33,38)(H,36,37)/t27?,28-/m0/s1. The Bertz CT molecular complexity index is 1180. The summed E-state index contributed by atoms with van der Waals surface area (Å²) >= 11 is 0. The first kappa shape index (κ1) is 28.4. The van der Waals surface area contributed by atoms with Crippen molar-refractivity contribution in [3.05, 3.63) is 96.1 Å². The fraction of sp³-hybridized carbons (Fsp3) is 0.323. The van der Waals surface area contributed by atoms with Crippen molar-refractivity contribution in [2.75, 3.05) is 13.1 Å². The monoisotopic (exact) mass is 515 g/mol. The van der Waals surface area contributed by atoms with Crippen LogP contribution in [0.4, 0.5) is 4.79 Å². The molecule has 4 N–H and O–H groups in total. The molecule has 0 radical (unpaired) electrons. The minimum atomic E-state index is -1.12. The van der Waals surface area contributed by atoms with E-state index < -0.39 is 29.9 Å². The Morgan fingerprint density at radius 2 is 1.39 bits per heavy atom. The molecule has 3 amide bonds. The molecule has 3 rings (SSSR count). The molecule has 7 nitrogen and oxygen atoms in total. The van der Waals surface area contributed by atoms with Crippen LogP contribution in [0.5, 0.6) is 0 Å². The number of nitrogens with one attached hydrogen (secondary N) is 1. The first-order chi connectivity index (χ1) is 18.2. The lowest BCUT2D eigenvalue weighted by Gasteiger charge is -2.29. The Labute approximate surface area is 224 Å². The van der Waals surface area contributed by atoms with Crippen LogP contribution in [0.15, 0.2) is 84.9 Å². The summed E-state index contributed by atoms with van der Waals surface area (Å²) in [5.74, 6) is -2.02. The molecule has 0 bridgehead atoms. The van der Waals surface area contributed by atoms with Crippen molar-refractivity contribution in [2.24, 2.45) is 17.6 Å². The maximum atomic E-state index is 13.3. The van der Waals surface area contributed by atoms with Gasteiger partial charge in [0.1, 0.15) is 6.04 Å². The fourth-order valence-electron chi connectivity index (χ4n) is 4.40. The molecular weight excluding hydrogens is 478 g/mol. The zero-order valence-corrected chi connectivity index (χ0v) is 22.0. The van der Waals surface area contributed by atoms with Gasteiger partial charge < -0.3 is 21.1 Å². The van der Waals surface area contributed by atoms with Gasteiger partial charge in [0.25, 0.3) is 0 Å². The van der Waals surface area contributed by atoms with E-state index in [-0.39, 0.29) is 18.9 Å². The van der Waals surface area contributed by atoms with E-state index in [0.29, 0.717) is 19.4 Å². The first-order valence-corrected chi connectivity index (χ1v) is 13.0. The van der Waals surface area contributed by atoms with E-state index in [1.54, 1.807) is 0 Å². The molecule has 3 aromatic rings. The van der Waals surface area contributed by atoms with E-state index in [4.69, 9.17) is 5.73 Å². The number of urea groups is 1. The van der Waals surface area contributed by atoms with Gasteiger partial charge >= 0.3 is 12.0 Å². The number of primary amides is 1. The van der Waals surface area contributed by atoms with Gasteiger partial charge in [0.05, 0.1) is 5.92 Å². The topological polar surface area (TPSA) is 113 Å². The largest absolute Gasteiger partial charge is 0.480 e. The van der Waals surface area contributed by atoms with Crippen molar-refractivity contribution in [1.82, 2.24) is 10.2 Å². The quantitative estimate of drug-likeness (QED) is 0.305. The molecule has 200 valence electrons. The number of amides is 3. The molecule has 2 atom stereocenters. The minimum absolute atomic E-state index is 0.122. The van der Waals surface area contributed by atoms with E-state index in [2.05, 4.69) is 5.32 Å². The molecule has 38 heavy (non-hydrogen) atoms. The summed E-state index contributed by atoms with van der Waals surface area (Å²) in [5.41, 5.74) is 9.68. The van der Waals surface area contributed by atoms with Crippen LogP contribution in [0.3, 0.4) is 0 Å². The minimum Gasteiger partial charge on any atom is -0.480 e. The summed E-state index contributed by atoms with van der Waals surface area (Å²) in [4.78, 5) is 39.1. The van der Waals surface area contributed by atoms with Crippen molar-refractivity contribution >= 4 is 17.9 Å². The molecule has 0 aliphatic rings. The summed E-state index contributed by atoms with van der Waals surface area (Å²) < 4.78 is 0. The second-order valence-electron chi connectivity index (χ2n) is 10.0. The zero-order valence-electron chi connectivity index (χ0n) is 22.0. The lowest BCUT2D eigenvalue weighted by molar-refractivity contribution is -0.139. The zero-order chi connectivity index (χ0) is 27.5. The molecule has 0 aliphatic carbocycles. The predicted octanol–water partition coefficient (Wildman–Crippen LogP) is 4.75. The maximum absolute atomic E-state index is 13.3. The van der Waals surface area contributed by atoms with Crippen LogP contribution in [0.25, 0.3) is 11.1 Å². The Morgan fingerprint density at radius 1 is 0.816 bits per heavy atom. The molecule has 0 saturated carbocycles. The number of carboxylic acids is 1. The van der Waals surface area contributed by atoms with Gasteiger partial charge in [-0.15, -0.1) is 0 Å². The lowest BCUT2D eigenvalue weighted by atomic mass is 9.98. The lowest BCUT2D eigenvalue weighted by Crippen LogP contribution is -2.51. The van der Waals surface area contributed by atoms with Gasteiger partial charge in [0.15, 0.2) is 0 Å². The SMILES string of the molecule is CC(C)CN(CC(CCc1ccccc1)C(N)=O)C(=O)N[C@@H](Cc1ccc(-c2ccccc2)cc1)C(=O)O. The molecule has 3 aromatic carbocycles. The van der Waals surface area contributed by atoms with Gasteiger partial charge in [0.2, 0.25) is 5.91 Å². The van der Waals surface area contributed by atoms with Gasteiger partial charge in [-0.05, 0) is 41.0 Å². The molecule has 0 heterocycles. The summed E-state index contributed by atoms with van der Waals surface area (Å²) in [6, 6.07) is 25.7. The summed E-state index contributed by atoms with van der Waals surface area (Å²) in [5, 5.41) is 12.5. The van der Waals surface area contributed by atoms with E-state index in [1.807, 2.05) is 98.8 Å². The van der Waals surface area contributed by atoms with Gasteiger partial charge in [-0.3, -0.25) is 4.79 Å². The van der Waals surface area contributed by atoms with Crippen LogP contribution in [0.2, 0.25) is 0 Å². The number of carbonyl (C=O) groups is 3. The van der Waals surface area contributed by atoms with E-state index in [9.17, 15) is 19.5 Å². The van der Waals surface area contributed by atoms with Crippen molar-refractivity contribution < 1.29 is 19.5 Å². The van der Waals surface area contributed by atoms with E-state index in [0.717, 1.165) is 22.3 Å². The molecule has 0 fully saturated rings. The number of carboxylic acid groups (broad SMARTS) is 1. The Kier molecular flexibility index (Phi) is 10.5. The number of rotatable bonds is 13. The van der Waals surface area contributed by atoms with Crippen molar-refractivity contribution in [2.45, 2.75) is 39.2 Å². The van der Waals surface area contributed by atoms with Crippen LogP contribution >= 0.6 is 0 Å². The molecule has 0 spiro atoms. The smallest absolute Gasteiger partial charge is 0.326 e. The van der Waals surface area contributed by atoms with Crippen LogP contribution in [-0.2, 0) is 22.4 Å². The second kappa shape index (κ2) is 14.0. The maximum Gasteiger partial charge on any atom is 0.326 e. The number of benzene rings is 3. The first-order valence-electron chi connectivity index (χ1n) is 13.0. The molecule has 1 unspecified atom stereocenters. The Hall–Kier alpha value is -4.13. The third-order valence-electron chi connectivity index (χ3n) is 6.44. The number of hydrogen-bond donors (Lipinski definition) is 3. The molecule has 0 saturated heterocycles. The van der Waals surface area contributed by atoms with E-state index >= 15 is 0 Å². The second-order valence-corrected chi connectivity index (χ2v) is 10.0. The van der Waals surface area contributed by atoms with Crippen molar-refractivity contribution in [3.63, 3.8) is 0 Å². The number of carbonyl (C=O) groups excluding carboxylic acids is 2. The number of aliphatic carboxylic acids is 1. The fourth-order valence-corrected chi connectivity index (χ4v) is 4.40. The third-order valence-corrected chi connectivity index (χ3v) is 6.44. The number of nitrogens with zero attached hydrogens (tertiary/aromatic N) is 1. The average molecular weight is 516 g/mol. The summed E-state index contributed by atoms with van der Waals surface area (Å²) in [6.45, 7) is 4.43. The Balaban J connectivity index is 1.67. The molecular formula is C31H37N3O4. The highest BCUT2D eigenvalue weighted by atomic mass is 16.4. The van der Waals surface area contributed by atoms with Gasteiger partial charge in [-0.2, -0.15) is 0 Å². The Morgan fingerprint density at radius 3 is 1.95 bits per heavy atom. The average Bonchev–Trinajstić information content (AvgIpc) is 2.91. The van der Waals surface area contributed by atoms with Crippen LogP contribution < -0.4 is 11.1 Å². The van der Waals surface area contributed by atoms with Crippen LogP contribution in [-0.4, -0.2) is 47.0 Å². The highest BCUT2D eigenvalue weighted by molar-refractivity contribution is 5.83. The van der Waals surface area contributed by atoms with E-state index in [1.165, 1.54) is 4.90 Å². The van der Waals surface area contributed by atoms with Crippen LogP contribution in [0, 0.1) is 11.8 Å². The normalized spacial score (nSPS) is 12.5. The van der Waals surface area contributed by atoms with Crippen LogP contribution in [0.1, 0.15) is 31.4 Å². The number of nitrogens with two attached hydrogens (primary N) is 1. The molecule has 0 aromatic heterocycles. The molecule has 0 aliphatic heterocycles.